The molecule has 1 aromatic heterocycles. The van der Waals surface area contributed by atoms with Gasteiger partial charge >= 0.3 is 0 Å². The molecule has 7 nitrogen and oxygen atoms in total. The van der Waals surface area contributed by atoms with Gasteiger partial charge < -0.3 is 20.7 Å². The number of hydrogen-bond acceptors (Lipinski definition) is 6. The standard InChI is InChI=1S/C25H31N5O2/c1-14-8-19(11-20(26)9-14)16(3)27-25-22-12-24(15(2)10-23(22)28-17(4)29-25)32-21-6-7-30(13-21)18(5)31/h8-12,16,21H,6-7,13,26H2,1-5H3,(H,27,28,29)/t16-,21+/m1/s1. The van der Waals surface area contributed by atoms with E-state index < -0.39 is 0 Å². The van der Waals surface area contributed by atoms with Crippen LogP contribution in [-0.4, -0.2) is 40.0 Å². The van der Waals surface area contributed by atoms with Crippen molar-refractivity contribution >= 4 is 28.3 Å². The Morgan fingerprint density at radius 2 is 1.97 bits per heavy atom. The van der Waals surface area contributed by atoms with E-state index in [0.29, 0.717) is 12.4 Å². The van der Waals surface area contributed by atoms with Gasteiger partial charge in [-0.3, -0.25) is 4.79 Å². The van der Waals surface area contributed by atoms with Crippen molar-refractivity contribution in [3.05, 3.63) is 52.8 Å². The molecule has 7 heteroatoms. The number of nitrogen functional groups attached to an aromatic ring is 1. The lowest BCUT2D eigenvalue weighted by Crippen LogP contribution is -2.28. The average Bonchev–Trinajstić information content (AvgIpc) is 3.17. The van der Waals surface area contributed by atoms with Gasteiger partial charge in [-0.25, -0.2) is 9.97 Å². The van der Waals surface area contributed by atoms with Crippen molar-refractivity contribution < 1.29 is 9.53 Å². The molecule has 1 fully saturated rings. The molecule has 0 radical (unpaired) electrons. The Labute approximate surface area is 189 Å². The van der Waals surface area contributed by atoms with E-state index in [1.54, 1.807) is 6.92 Å². The lowest BCUT2D eigenvalue weighted by atomic mass is 10.0. The van der Waals surface area contributed by atoms with Gasteiger partial charge in [0, 0.05) is 31.0 Å². The van der Waals surface area contributed by atoms with Crippen LogP contribution < -0.4 is 15.8 Å². The zero-order valence-electron chi connectivity index (χ0n) is 19.4. The molecule has 1 saturated heterocycles. The van der Waals surface area contributed by atoms with E-state index >= 15 is 0 Å². The molecule has 2 aromatic carbocycles. The maximum atomic E-state index is 11.7. The fourth-order valence-electron chi connectivity index (χ4n) is 4.28. The molecule has 168 valence electrons. The first-order valence-electron chi connectivity index (χ1n) is 11.0. The van der Waals surface area contributed by atoms with Crippen LogP contribution in [0.4, 0.5) is 11.5 Å². The fourth-order valence-corrected chi connectivity index (χ4v) is 4.28. The minimum Gasteiger partial charge on any atom is -0.488 e. The van der Waals surface area contributed by atoms with Gasteiger partial charge in [0.2, 0.25) is 5.91 Å². The van der Waals surface area contributed by atoms with Crippen LogP contribution in [0.15, 0.2) is 30.3 Å². The number of hydrogen-bond donors (Lipinski definition) is 2. The molecule has 0 spiro atoms. The van der Waals surface area contributed by atoms with Gasteiger partial charge in [0.15, 0.2) is 0 Å². The van der Waals surface area contributed by atoms with E-state index in [1.807, 2.05) is 49.9 Å². The molecule has 0 saturated carbocycles. The van der Waals surface area contributed by atoms with E-state index in [9.17, 15) is 4.79 Å². The maximum Gasteiger partial charge on any atom is 0.219 e. The van der Waals surface area contributed by atoms with Gasteiger partial charge in [-0.05, 0) is 68.7 Å². The Hall–Kier alpha value is -3.35. The summed E-state index contributed by atoms with van der Waals surface area (Å²) in [5.74, 6) is 2.36. The summed E-state index contributed by atoms with van der Waals surface area (Å²) in [6.07, 6.45) is 0.824. The first-order chi connectivity index (χ1) is 15.2. The highest BCUT2D eigenvalue weighted by atomic mass is 16.5. The summed E-state index contributed by atoms with van der Waals surface area (Å²) in [7, 11) is 0. The van der Waals surface area contributed by atoms with Crippen LogP contribution in [0, 0.1) is 20.8 Å². The minimum atomic E-state index is -0.00739. The Kier molecular flexibility index (Phi) is 5.91. The molecule has 0 aliphatic carbocycles. The van der Waals surface area contributed by atoms with Gasteiger partial charge in [0.05, 0.1) is 18.1 Å². The quantitative estimate of drug-likeness (QED) is 0.583. The first kappa shape index (κ1) is 21.9. The Morgan fingerprint density at radius 3 is 2.66 bits per heavy atom. The summed E-state index contributed by atoms with van der Waals surface area (Å²) in [6, 6.07) is 10.1. The molecule has 0 unspecified atom stereocenters. The second-order valence-corrected chi connectivity index (χ2v) is 8.79. The second-order valence-electron chi connectivity index (χ2n) is 8.79. The van der Waals surface area contributed by atoms with Crippen LogP contribution >= 0.6 is 0 Å². The molecular weight excluding hydrogens is 402 g/mol. The summed E-state index contributed by atoms with van der Waals surface area (Å²) in [5, 5.41) is 4.45. The van der Waals surface area contributed by atoms with Crippen molar-refractivity contribution in [1.82, 2.24) is 14.9 Å². The zero-order chi connectivity index (χ0) is 23.0. The highest BCUT2D eigenvalue weighted by molar-refractivity contribution is 5.91. The van der Waals surface area contributed by atoms with Gasteiger partial charge in [-0.15, -0.1) is 0 Å². The van der Waals surface area contributed by atoms with Gasteiger partial charge in [-0.1, -0.05) is 6.07 Å². The van der Waals surface area contributed by atoms with Crippen LogP contribution in [0.1, 0.15) is 48.8 Å². The number of nitrogens with zero attached hydrogens (tertiary/aromatic N) is 3. The Morgan fingerprint density at radius 1 is 1.19 bits per heavy atom. The predicted octanol–water partition coefficient (Wildman–Crippen LogP) is 4.31. The number of fused-ring (bicyclic) bond motifs is 1. The van der Waals surface area contributed by atoms with Crippen molar-refractivity contribution in [3.8, 4) is 5.75 Å². The number of carbonyl (C=O) groups is 1. The average molecular weight is 434 g/mol. The summed E-state index contributed by atoms with van der Waals surface area (Å²) in [6.45, 7) is 11.0. The molecule has 1 aliphatic rings. The zero-order valence-corrected chi connectivity index (χ0v) is 19.4. The molecule has 32 heavy (non-hydrogen) atoms. The molecule has 0 bridgehead atoms. The first-order valence-corrected chi connectivity index (χ1v) is 11.0. The van der Waals surface area contributed by atoms with Crippen LogP contribution in [0.2, 0.25) is 0 Å². The molecule has 1 amide bonds. The lowest BCUT2D eigenvalue weighted by Gasteiger charge is -2.20. The normalized spacial score (nSPS) is 16.9. The van der Waals surface area contributed by atoms with E-state index in [4.69, 9.17) is 10.5 Å². The van der Waals surface area contributed by atoms with Crippen LogP contribution in [0.3, 0.4) is 0 Å². The smallest absolute Gasteiger partial charge is 0.219 e. The minimum absolute atomic E-state index is 0.00739. The number of anilines is 2. The summed E-state index contributed by atoms with van der Waals surface area (Å²) in [4.78, 5) is 22.8. The largest absolute Gasteiger partial charge is 0.488 e. The molecule has 3 aromatic rings. The van der Waals surface area contributed by atoms with Crippen molar-refractivity contribution in [2.45, 2.75) is 53.2 Å². The van der Waals surface area contributed by atoms with Gasteiger partial charge in [0.25, 0.3) is 0 Å². The van der Waals surface area contributed by atoms with E-state index in [0.717, 1.165) is 57.8 Å². The second kappa shape index (κ2) is 8.65. The van der Waals surface area contributed by atoms with E-state index in [-0.39, 0.29) is 18.1 Å². The summed E-state index contributed by atoms with van der Waals surface area (Å²) >= 11 is 0. The van der Waals surface area contributed by atoms with Crippen LogP contribution in [-0.2, 0) is 4.79 Å². The number of aryl methyl sites for hydroxylation is 3. The fraction of sp³-hybridized carbons (Fsp3) is 0.400. The maximum absolute atomic E-state index is 11.7. The molecular formula is C25H31N5O2. The van der Waals surface area contributed by atoms with E-state index in [1.165, 1.54) is 0 Å². The highest BCUT2D eigenvalue weighted by Gasteiger charge is 2.26. The number of rotatable bonds is 5. The third-order valence-electron chi connectivity index (χ3n) is 5.96. The molecule has 3 N–H and O–H groups in total. The van der Waals surface area contributed by atoms with Crippen molar-refractivity contribution in [2.24, 2.45) is 0 Å². The third-order valence-corrected chi connectivity index (χ3v) is 5.96. The SMILES string of the molecule is CC(=O)N1CC[C@H](Oc2cc3c(N[C@H](C)c4cc(C)cc(N)c4)nc(C)nc3cc2C)C1. The van der Waals surface area contributed by atoms with Gasteiger partial charge in [0.1, 0.15) is 23.5 Å². The van der Waals surface area contributed by atoms with E-state index in [2.05, 4.69) is 28.3 Å². The molecule has 1 aliphatic heterocycles. The molecule has 2 heterocycles. The summed E-state index contributed by atoms with van der Waals surface area (Å²) < 4.78 is 6.31. The van der Waals surface area contributed by atoms with Crippen molar-refractivity contribution in [3.63, 3.8) is 0 Å². The van der Waals surface area contributed by atoms with Crippen LogP contribution in [0.25, 0.3) is 10.9 Å². The van der Waals surface area contributed by atoms with Crippen molar-refractivity contribution in [1.29, 1.82) is 0 Å². The monoisotopic (exact) mass is 433 g/mol. The molecule has 2 atom stereocenters. The molecule has 4 rings (SSSR count). The highest BCUT2D eigenvalue weighted by Crippen LogP contribution is 2.32. The van der Waals surface area contributed by atoms with Gasteiger partial charge in [-0.2, -0.15) is 0 Å². The number of benzene rings is 2. The number of amides is 1. The lowest BCUT2D eigenvalue weighted by molar-refractivity contribution is -0.128. The Bertz CT molecular complexity index is 1160. The number of carbonyl (C=O) groups excluding carboxylic acids is 1. The number of nitrogens with two attached hydrogens (primary N) is 1. The number of likely N-dealkylation sites (tertiary alicyclic amines) is 1. The Balaban J connectivity index is 1.65. The van der Waals surface area contributed by atoms with Crippen molar-refractivity contribution in [2.75, 3.05) is 24.1 Å². The topological polar surface area (TPSA) is 93.4 Å². The number of nitrogens with one attached hydrogen (secondary N) is 1. The summed E-state index contributed by atoms with van der Waals surface area (Å²) in [5.41, 5.74) is 10.9. The number of ether oxygens (including phenoxy) is 1. The number of aromatic nitrogens is 2. The van der Waals surface area contributed by atoms with Crippen LogP contribution in [0.5, 0.6) is 5.75 Å². The predicted molar refractivity (Wildman–Crippen MR) is 128 cm³/mol. The third kappa shape index (κ3) is 4.61.